The number of nitro groups is 1. The van der Waals surface area contributed by atoms with Gasteiger partial charge in [-0.1, -0.05) is 0 Å². The minimum atomic E-state index is -0.504. The van der Waals surface area contributed by atoms with E-state index in [1.165, 1.54) is 6.33 Å². The summed E-state index contributed by atoms with van der Waals surface area (Å²) in [5.41, 5.74) is -0.179. The van der Waals surface area contributed by atoms with Crippen LogP contribution in [-0.2, 0) is 4.74 Å². The Morgan fingerprint density at radius 2 is 2.22 bits per heavy atom. The van der Waals surface area contributed by atoms with E-state index in [1.54, 1.807) is 6.92 Å². The molecule has 0 atom stereocenters. The molecule has 0 amide bonds. The zero-order chi connectivity index (χ0) is 13.0. The van der Waals surface area contributed by atoms with Crippen molar-refractivity contribution in [1.82, 2.24) is 9.97 Å². The van der Waals surface area contributed by atoms with Crippen LogP contribution in [0.25, 0.3) is 0 Å². The average molecular weight is 254 g/mol. The van der Waals surface area contributed by atoms with Crippen LogP contribution in [0.15, 0.2) is 6.33 Å². The lowest BCUT2D eigenvalue weighted by atomic mass is 10.3. The summed E-state index contributed by atoms with van der Waals surface area (Å²) in [4.78, 5) is 20.3. The van der Waals surface area contributed by atoms with Crippen LogP contribution < -0.4 is 9.64 Å². The van der Waals surface area contributed by atoms with Crippen LogP contribution in [0.4, 0.5) is 11.5 Å². The molecular formula is C10H14N4O4. The van der Waals surface area contributed by atoms with Crippen LogP contribution in [0, 0.1) is 10.1 Å². The molecule has 1 aromatic rings. The molecule has 1 aliphatic heterocycles. The maximum absolute atomic E-state index is 11.1. The fourth-order valence-corrected chi connectivity index (χ4v) is 1.76. The zero-order valence-electron chi connectivity index (χ0n) is 10.0. The summed E-state index contributed by atoms with van der Waals surface area (Å²) in [6, 6.07) is 0. The highest BCUT2D eigenvalue weighted by Crippen LogP contribution is 2.33. The number of anilines is 1. The molecular weight excluding hydrogens is 240 g/mol. The molecule has 2 rings (SSSR count). The van der Waals surface area contributed by atoms with Crippen LogP contribution >= 0.6 is 0 Å². The summed E-state index contributed by atoms with van der Waals surface area (Å²) in [5, 5.41) is 11.1. The standard InChI is InChI=1S/C10H14N4O4/c1-2-18-10-8(14(15)16)9(11-7-12-10)13-3-5-17-6-4-13/h7H,2-6H2,1H3. The molecule has 0 aromatic carbocycles. The molecule has 2 heterocycles. The van der Waals surface area contributed by atoms with Crippen molar-refractivity contribution in [3.8, 4) is 5.88 Å². The molecule has 0 radical (unpaired) electrons. The highest BCUT2D eigenvalue weighted by molar-refractivity contribution is 5.62. The second kappa shape index (κ2) is 5.58. The highest BCUT2D eigenvalue weighted by Gasteiger charge is 2.28. The summed E-state index contributed by atoms with van der Waals surface area (Å²) in [6.07, 6.45) is 1.28. The fourth-order valence-electron chi connectivity index (χ4n) is 1.76. The van der Waals surface area contributed by atoms with Gasteiger partial charge in [0.25, 0.3) is 5.88 Å². The third kappa shape index (κ3) is 2.48. The number of rotatable bonds is 4. The van der Waals surface area contributed by atoms with Gasteiger partial charge >= 0.3 is 5.69 Å². The minimum Gasteiger partial charge on any atom is -0.473 e. The fraction of sp³-hybridized carbons (Fsp3) is 0.600. The van der Waals surface area contributed by atoms with Crippen molar-refractivity contribution in [3.63, 3.8) is 0 Å². The topological polar surface area (TPSA) is 90.6 Å². The number of aromatic nitrogens is 2. The Bertz CT molecular complexity index is 434. The third-order valence-corrected chi connectivity index (χ3v) is 2.54. The molecule has 1 saturated heterocycles. The van der Waals surface area contributed by atoms with Crippen molar-refractivity contribution in [2.75, 3.05) is 37.8 Å². The molecule has 18 heavy (non-hydrogen) atoms. The van der Waals surface area contributed by atoms with E-state index in [0.717, 1.165) is 0 Å². The number of hydrogen-bond acceptors (Lipinski definition) is 7. The van der Waals surface area contributed by atoms with Crippen molar-refractivity contribution < 1.29 is 14.4 Å². The molecule has 8 nitrogen and oxygen atoms in total. The zero-order valence-corrected chi connectivity index (χ0v) is 10.0. The smallest absolute Gasteiger partial charge is 0.372 e. The van der Waals surface area contributed by atoms with Gasteiger partial charge in [-0.25, -0.2) is 4.98 Å². The van der Waals surface area contributed by atoms with Gasteiger partial charge in [0, 0.05) is 13.1 Å². The number of morpholine rings is 1. The number of nitrogens with zero attached hydrogens (tertiary/aromatic N) is 4. The predicted molar refractivity (Wildman–Crippen MR) is 62.9 cm³/mol. The number of ether oxygens (including phenoxy) is 2. The van der Waals surface area contributed by atoms with Crippen molar-refractivity contribution in [3.05, 3.63) is 16.4 Å². The molecule has 0 bridgehead atoms. The summed E-state index contributed by atoms with van der Waals surface area (Å²) in [6.45, 7) is 4.28. The Morgan fingerprint density at radius 1 is 1.50 bits per heavy atom. The summed E-state index contributed by atoms with van der Waals surface area (Å²) >= 11 is 0. The quantitative estimate of drug-likeness (QED) is 0.574. The van der Waals surface area contributed by atoms with E-state index in [1.807, 2.05) is 4.90 Å². The van der Waals surface area contributed by atoms with Crippen LogP contribution in [0.1, 0.15) is 6.92 Å². The molecule has 1 fully saturated rings. The monoisotopic (exact) mass is 254 g/mol. The van der Waals surface area contributed by atoms with Crippen molar-refractivity contribution >= 4 is 11.5 Å². The summed E-state index contributed by atoms with van der Waals surface area (Å²) in [5.74, 6) is 0.306. The molecule has 98 valence electrons. The first-order valence-electron chi connectivity index (χ1n) is 5.69. The summed E-state index contributed by atoms with van der Waals surface area (Å²) in [7, 11) is 0. The average Bonchev–Trinajstić information content (AvgIpc) is 2.39. The van der Waals surface area contributed by atoms with Crippen LogP contribution in [0.3, 0.4) is 0 Å². The van der Waals surface area contributed by atoms with Crippen LogP contribution in [-0.4, -0.2) is 47.8 Å². The lowest BCUT2D eigenvalue weighted by Crippen LogP contribution is -2.37. The van der Waals surface area contributed by atoms with Gasteiger partial charge in [0.1, 0.15) is 6.33 Å². The van der Waals surface area contributed by atoms with Gasteiger partial charge in [0.15, 0.2) is 0 Å². The van der Waals surface area contributed by atoms with Crippen molar-refractivity contribution in [1.29, 1.82) is 0 Å². The largest absolute Gasteiger partial charge is 0.473 e. The van der Waals surface area contributed by atoms with Gasteiger partial charge < -0.3 is 14.4 Å². The lowest BCUT2D eigenvalue weighted by Gasteiger charge is -2.27. The van der Waals surface area contributed by atoms with E-state index in [-0.39, 0.29) is 11.6 Å². The van der Waals surface area contributed by atoms with Crippen molar-refractivity contribution in [2.24, 2.45) is 0 Å². The normalized spacial score (nSPS) is 15.5. The van der Waals surface area contributed by atoms with E-state index < -0.39 is 4.92 Å². The van der Waals surface area contributed by atoms with Crippen LogP contribution in [0.2, 0.25) is 0 Å². The first-order chi connectivity index (χ1) is 8.74. The lowest BCUT2D eigenvalue weighted by molar-refractivity contribution is -0.385. The van der Waals surface area contributed by atoms with E-state index in [4.69, 9.17) is 9.47 Å². The van der Waals surface area contributed by atoms with E-state index in [2.05, 4.69) is 9.97 Å². The van der Waals surface area contributed by atoms with Gasteiger partial charge in [0.05, 0.1) is 24.7 Å². The van der Waals surface area contributed by atoms with Crippen molar-refractivity contribution in [2.45, 2.75) is 6.92 Å². The number of hydrogen-bond donors (Lipinski definition) is 0. The molecule has 0 N–H and O–H groups in total. The van der Waals surface area contributed by atoms with Gasteiger partial charge in [-0.15, -0.1) is 0 Å². The molecule has 1 aliphatic rings. The Kier molecular flexibility index (Phi) is 3.88. The molecule has 1 aromatic heterocycles. The maximum Gasteiger partial charge on any atom is 0.372 e. The Labute approximate surface area is 104 Å². The molecule has 0 aliphatic carbocycles. The second-order valence-corrected chi connectivity index (χ2v) is 3.64. The minimum absolute atomic E-state index is 0.0130. The van der Waals surface area contributed by atoms with Crippen LogP contribution in [0.5, 0.6) is 5.88 Å². The second-order valence-electron chi connectivity index (χ2n) is 3.64. The molecule has 8 heteroatoms. The predicted octanol–water partition coefficient (Wildman–Crippen LogP) is 0.620. The highest BCUT2D eigenvalue weighted by atomic mass is 16.6. The van der Waals surface area contributed by atoms with Gasteiger partial charge in [-0.2, -0.15) is 4.98 Å². The SMILES string of the molecule is CCOc1ncnc(N2CCOCC2)c1[N+](=O)[O-]. The van der Waals surface area contributed by atoms with Gasteiger partial charge in [-0.05, 0) is 6.92 Å². The Hall–Kier alpha value is -1.96. The van der Waals surface area contributed by atoms with E-state index in [9.17, 15) is 10.1 Å². The molecule has 0 unspecified atom stereocenters. The molecule has 0 saturated carbocycles. The van der Waals surface area contributed by atoms with E-state index in [0.29, 0.717) is 38.7 Å². The van der Waals surface area contributed by atoms with Gasteiger partial charge in [0.2, 0.25) is 5.82 Å². The third-order valence-electron chi connectivity index (χ3n) is 2.54. The maximum atomic E-state index is 11.1. The van der Waals surface area contributed by atoms with E-state index >= 15 is 0 Å². The summed E-state index contributed by atoms with van der Waals surface area (Å²) < 4.78 is 10.4. The van der Waals surface area contributed by atoms with Gasteiger partial charge in [-0.3, -0.25) is 10.1 Å². The Balaban J connectivity index is 2.38. The first kappa shape index (κ1) is 12.5. The first-order valence-corrected chi connectivity index (χ1v) is 5.69. The molecule has 0 spiro atoms. The Morgan fingerprint density at radius 3 is 2.83 bits per heavy atom.